The summed E-state index contributed by atoms with van der Waals surface area (Å²) in [6.07, 6.45) is -0.770. The van der Waals surface area contributed by atoms with Crippen molar-refractivity contribution >= 4 is 5.57 Å². The first kappa shape index (κ1) is 31.6. The van der Waals surface area contributed by atoms with Gasteiger partial charge in [-0.2, -0.15) is 0 Å². The predicted octanol–water partition coefficient (Wildman–Crippen LogP) is 5.88. The molecule has 0 aliphatic heterocycles. The zero-order valence-electron chi connectivity index (χ0n) is 24.6. The van der Waals surface area contributed by atoms with Gasteiger partial charge in [0.25, 0.3) is 0 Å². The van der Waals surface area contributed by atoms with E-state index < -0.39 is 6.36 Å². The number of likely N-dealkylation sites (N-methyl/N-ethyl adjacent to an activating group) is 2. The van der Waals surface area contributed by atoms with Gasteiger partial charge in [0.15, 0.2) is 0 Å². The maximum atomic E-state index is 12.8. The molecule has 0 heterocycles. The number of allylic oxidation sites excluding steroid dienone is 1. The van der Waals surface area contributed by atoms with E-state index in [0.717, 1.165) is 61.5 Å². The molecule has 4 N–H and O–H groups in total. The summed E-state index contributed by atoms with van der Waals surface area (Å²) in [5.74, 6) is 0.779. The largest absolute Gasteiger partial charge is 0.573 e. The second kappa shape index (κ2) is 14.2. The Hall–Kier alpha value is -3.37. The van der Waals surface area contributed by atoms with E-state index in [4.69, 9.17) is 16.2 Å². The molecule has 1 aliphatic rings. The molecule has 0 saturated heterocycles. The van der Waals surface area contributed by atoms with Gasteiger partial charge in [0.1, 0.15) is 11.5 Å². The molecule has 0 fully saturated rings. The first-order valence-electron chi connectivity index (χ1n) is 14.2. The molecule has 0 saturated carbocycles. The molecule has 6 nitrogen and oxygen atoms in total. The topological polar surface area (TPSA) is 77.0 Å². The lowest BCUT2D eigenvalue weighted by Crippen LogP contribution is -2.30. The van der Waals surface area contributed by atoms with Gasteiger partial charge < -0.3 is 30.7 Å². The van der Waals surface area contributed by atoms with Crippen LogP contribution in [0.25, 0.3) is 5.57 Å². The number of nitrogens with two attached hydrogens (primary N) is 2. The van der Waals surface area contributed by atoms with Crippen LogP contribution in [0.3, 0.4) is 0 Å². The zero-order chi connectivity index (χ0) is 30.3. The highest BCUT2D eigenvalue weighted by Crippen LogP contribution is 2.43. The Bertz CT molecular complexity index is 1380. The third-order valence-electron chi connectivity index (χ3n) is 7.62. The molecule has 1 atom stereocenters. The minimum absolute atomic E-state index is 0.0935. The number of halogens is 3. The Morgan fingerprint density at radius 2 is 1.55 bits per heavy atom. The predicted molar refractivity (Wildman–Crippen MR) is 161 cm³/mol. The van der Waals surface area contributed by atoms with Crippen LogP contribution in [0.2, 0.25) is 0 Å². The van der Waals surface area contributed by atoms with Gasteiger partial charge in [-0.15, -0.1) is 13.2 Å². The second-order valence-corrected chi connectivity index (χ2v) is 10.9. The Kier molecular flexibility index (Phi) is 10.7. The smallest absolute Gasteiger partial charge is 0.497 e. The fraction of sp³-hybridized carbons (Fsp3) is 0.394. The number of methoxy groups -OCH3 is 1. The van der Waals surface area contributed by atoms with Crippen LogP contribution in [-0.2, 0) is 19.6 Å². The highest BCUT2D eigenvalue weighted by atomic mass is 19.4. The summed E-state index contributed by atoms with van der Waals surface area (Å²) in [5, 5.41) is 0. The van der Waals surface area contributed by atoms with Crippen LogP contribution in [-0.4, -0.2) is 57.0 Å². The van der Waals surface area contributed by atoms with E-state index in [1.807, 2.05) is 12.1 Å². The van der Waals surface area contributed by atoms with Gasteiger partial charge in [0.05, 0.1) is 7.11 Å². The quantitative estimate of drug-likeness (QED) is 0.247. The molecule has 0 amide bonds. The maximum absolute atomic E-state index is 12.8. The molecule has 3 aromatic carbocycles. The number of hydrogen-bond acceptors (Lipinski definition) is 6. The van der Waals surface area contributed by atoms with E-state index in [1.165, 1.54) is 28.8 Å². The maximum Gasteiger partial charge on any atom is 0.573 e. The van der Waals surface area contributed by atoms with E-state index in [0.29, 0.717) is 12.1 Å². The number of alkyl halides is 3. The lowest BCUT2D eigenvalue weighted by Gasteiger charge is -2.23. The van der Waals surface area contributed by atoms with Gasteiger partial charge in [0, 0.05) is 38.6 Å². The SMILES string of the molecule is COc1cccc(CN(C)CCN(C)Cc2ccc3c(c2)C(c2ccc(OC(F)(F)F)cc2CN)=CC3CCCN)c1. The first-order valence-corrected chi connectivity index (χ1v) is 14.2. The van der Waals surface area contributed by atoms with Crippen molar-refractivity contribution in [2.24, 2.45) is 11.5 Å². The molecule has 226 valence electrons. The van der Waals surface area contributed by atoms with Crippen LogP contribution in [0.15, 0.2) is 66.7 Å². The Morgan fingerprint density at radius 3 is 2.19 bits per heavy atom. The molecule has 0 spiro atoms. The van der Waals surface area contributed by atoms with Crippen molar-refractivity contribution in [2.75, 3.05) is 40.8 Å². The van der Waals surface area contributed by atoms with Crippen molar-refractivity contribution in [3.8, 4) is 11.5 Å². The molecular formula is C33H41F3N4O2. The molecular weight excluding hydrogens is 541 g/mol. The number of benzene rings is 3. The van der Waals surface area contributed by atoms with Gasteiger partial charge >= 0.3 is 6.36 Å². The van der Waals surface area contributed by atoms with Crippen molar-refractivity contribution in [3.63, 3.8) is 0 Å². The van der Waals surface area contributed by atoms with Gasteiger partial charge in [-0.05, 0) is 103 Å². The van der Waals surface area contributed by atoms with Gasteiger partial charge in [0.2, 0.25) is 0 Å². The average Bonchev–Trinajstić information content (AvgIpc) is 3.31. The van der Waals surface area contributed by atoms with Crippen LogP contribution in [0.4, 0.5) is 13.2 Å². The third kappa shape index (κ3) is 8.35. The Balaban J connectivity index is 1.49. The van der Waals surface area contributed by atoms with Crippen LogP contribution in [0.1, 0.15) is 52.1 Å². The third-order valence-corrected chi connectivity index (χ3v) is 7.62. The number of hydrogen-bond donors (Lipinski definition) is 2. The number of rotatable bonds is 14. The summed E-state index contributed by atoms with van der Waals surface area (Å²) in [5.41, 5.74) is 18.9. The van der Waals surface area contributed by atoms with E-state index in [1.54, 1.807) is 13.2 Å². The van der Waals surface area contributed by atoms with Gasteiger partial charge in [-0.3, -0.25) is 0 Å². The molecule has 42 heavy (non-hydrogen) atoms. The highest BCUT2D eigenvalue weighted by Gasteiger charge is 2.32. The monoisotopic (exact) mass is 582 g/mol. The van der Waals surface area contributed by atoms with E-state index in [-0.39, 0.29) is 18.2 Å². The molecule has 3 aromatic rings. The highest BCUT2D eigenvalue weighted by molar-refractivity contribution is 5.87. The molecule has 9 heteroatoms. The second-order valence-electron chi connectivity index (χ2n) is 10.9. The lowest BCUT2D eigenvalue weighted by atomic mass is 9.92. The molecule has 0 bridgehead atoms. The minimum Gasteiger partial charge on any atom is -0.497 e. The van der Waals surface area contributed by atoms with Crippen molar-refractivity contribution in [3.05, 3.63) is 100 Å². The summed E-state index contributed by atoms with van der Waals surface area (Å²) < 4.78 is 48.0. The van der Waals surface area contributed by atoms with Crippen molar-refractivity contribution in [1.82, 2.24) is 9.80 Å². The van der Waals surface area contributed by atoms with Crippen LogP contribution < -0.4 is 20.9 Å². The Morgan fingerprint density at radius 1 is 0.833 bits per heavy atom. The molecule has 0 radical (unpaired) electrons. The minimum atomic E-state index is -4.76. The Labute approximate surface area is 246 Å². The van der Waals surface area contributed by atoms with E-state index >= 15 is 0 Å². The van der Waals surface area contributed by atoms with Crippen LogP contribution in [0, 0.1) is 0 Å². The molecule has 4 rings (SSSR count). The standard InChI is InChI=1S/C33H41F3N4O2/c1-39(21-23-6-4-8-27(16-23)41-3)14-15-40(2)22-24-9-11-29-25(7-5-13-37)19-32(31(29)17-24)30-12-10-28(18-26(30)20-38)42-33(34,35)36/h4,6,8-12,16-19,25H,5,7,13-15,20-22,37-38H2,1-3H3. The van der Waals surface area contributed by atoms with Crippen LogP contribution >= 0.6 is 0 Å². The van der Waals surface area contributed by atoms with Gasteiger partial charge in [-0.25, -0.2) is 0 Å². The molecule has 0 aromatic heterocycles. The van der Waals surface area contributed by atoms with E-state index in [9.17, 15) is 13.2 Å². The van der Waals surface area contributed by atoms with Crippen molar-refractivity contribution in [2.45, 2.75) is 44.8 Å². The molecule has 1 aliphatic carbocycles. The summed E-state index contributed by atoms with van der Waals surface area (Å²) in [6, 6.07) is 19.1. The molecule has 1 unspecified atom stereocenters. The summed E-state index contributed by atoms with van der Waals surface area (Å²) >= 11 is 0. The van der Waals surface area contributed by atoms with Gasteiger partial charge in [-0.1, -0.05) is 36.4 Å². The zero-order valence-corrected chi connectivity index (χ0v) is 24.6. The summed E-state index contributed by atoms with van der Waals surface area (Å²) in [4.78, 5) is 4.58. The van der Waals surface area contributed by atoms with Crippen molar-refractivity contribution in [1.29, 1.82) is 0 Å². The van der Waals surface area contributed by atoms with Crippen molar-refractivity contribution < 1.29 is 22.6 Å². The number of fused-ring (bicyclic) bond motifs is 1. The fourth-order valence-corrected chi connectivity index (χ4v) is 5.54. The first-order chi connectivity index (χ1) is 20.1. The summed E-state index contributed by atoms with van der Waals surface area (Å²) in [6.45, 7) is 4.08. The van der Waals surface area contributed by atoms with Crippen LogP contribution in [0.5, 0.6) is 11.5 Å². The number of nitrogens with zero attached hydrogens (tertiary/aromatic N) is 2. The lowest BCUT2D eigenvalue weighted by molar-refractivity contribution is -0.274. The summed E-state index contributed by atoms with van der Waals surface area (Å²) in [7, 11) is 5.90. The van der Waals surface area contributed by atoms with E-state index in [2.05, 4.69) is 65.0 Å². The normalized spacial score (nSPS) is 14.8. The number of ether oxygens (including phenoxy) is 2. The fourth-order valence-electron chi connectivity index (χ4n) is 5.54. The average molecular weight is 583 g/mol.